The molecule has 0 unspecified atom stereocenters. The maximum atomic E-state index is 12.0. The summed E-state index contributed by atoms with van der Waals surface area (Å²) in [6.07, 6.45) is 3.48. The molecule has 1 aromatic rings. The van der Waals surface area contributed by atoms with Crippen LogP contribution in [0.1, 0.15) is 41.8 Å². The molecule has 1 saturated carbocycles. The maximum absolute atomic E-state index is 12.0. The van der Waals surface area contributed by atoms with Gasteiger partial charge in [-0.3, -0.25) is 0 Å². The topological polar surface area (TPSA) is 95.5 Å². The van der Waals surface area contributed by atoms with Crippen LogP contribution in [0.2, 0.25) is 0 Å². The van der Waals surface area contributed by atoms with Crippen molar-refractivity contribution in [2.24, 2.45) is 10.9 Å². The number of nitrogens with zero attached hydrogens (tertiary/aromatic N) is 2. The van der Waals surface area contributed by atoms with Gasteiger partial charge in [0.15, 0.2) is 5.96 Å². The van der Waals surface area contributed by atoms with Crippen molar-refractivity contribution in [3.63, 3.8) is 0 Å². The number of aryl methyl sites for hydroxylation is 2. The predicted octanol–water partition coefficient (Wildman–Crippen LogP) is 1.53. The lowest BCUT2D eigenvalue weighted by molar-refractivity contribution is 0.316. The number of thiazole rings is 1. The Morgan fingerprint density at radius 2 is 2.08 bits per heavy atom. The third-order valence-corrected chi connectivity index (χ3v) is 6.61. The van der Waals surface area contributed by atoms with Crippen molar-refractivity contribution >= 4 is 27.3 Å². The smallest absolute Gasteiger partial charge is 0.213 e. The van der Waals surface area contributed by atoms with Crippen molar-refractivity contribution in [3.05, 3.63) is 15.6 Å². The summed E-state index contributed by atoms with van der Waals surface area (Å²) in [5.41, 5.74) is 1.00. The Morgan fingerprint density at radius 3 is 2.64 bits per heavy atom. The Kier molecular flexibility index (Phi) is 7.64. The lowest BCUT2D eigenvalue weighted by atomic mass is 9.86. The molecule has 7 nitrogen and oxygen atoms in total. The number of aliphatic imine (C=N–C) groups is 1. The minimum absolute atomic E-state index is 0.0445. The highest BCUT2D eigenvalue weighted by Gasteiger charge is 2.20. The first kappa shape index (κ1) is 20.1. The van der Waals surface area contributed by atoms with E-state index in [0.29, 0.717) is 31.5 Å². The summed E-state index contributed by atoms with van der Waals surface area (Å²) < 4.78 is 26.7. The van der Waals surface area contributed by atoms with Crippen LogP contribution in [0.4, 0.5) is 0 Å². The summed E-state index contributed by atoms with van der Waals surface area (Å²) in [5, 5.41) is 7.27. The number of rotatable bonds is 9. The molecule has 1 aromatic heterocycles. The summed E-state index contributed by atoms with van der Waals surface area (Å²) in [6.45, 7) is 8.10. The molecule has 25 heavy (non-hydrogen) atoms. The molecule has 3 N–H and O–H groups in total. The van der Waals surface area contributed by atoms with Gasteiger partial charge in [-0.1, -0.05) is 6.42 Å². The monoisotopic (exact) mass is 387 g/mol. The molecule has 0 amide bonds. The second-order valence-electron chi connectivity index (χ2n) is 6.33. The molecule has 0 spiro atoms. The SMILES string of the molecule is CCNC(=NCc1sc(C)nc1C)NCCS(=O)(=O)NCC1CCC1. The zero-order valence-corrected chi connectivity index (χ0v) is 16.9. The largest absolute Gasteiger partial charge is 0.357 e. The molecule has 2 rings (SSSR count). The van der Waals surface area contributed by atoms with E-state index in [-0.39, 0.29) is 5.75 Å². The number of aromatic nitrogens is 1. The molecule has 0 saturated heterocycles. The second-order valence-corrected chi connectivity index (χ2v) is 9.54. The molecule has 9 heteroatoms. The van der Waals surface area contributed by atoms with E-state index >= 15 is 0 Å². The van der Waals surface area contributed by atoms with Crippen LogP contribution in [0, 0.1) is 19.8 Å². The van der Waals surface area contributed by atoms with E-state index in [1.807, 2.05) is 20.8 Å². The van der Waals surface area contributed by atoms with Gasteiger partial charge in [-0.15, -0.1) is 11.3 Å². The molecule has 0 atom stereocenters. The standard InChI is InChI=1S/C16H29N5O2S2/c1-4-17-16(19-11-15-12(2)21-13(3)24-15)18-8-9-25(22,23)20-10-14-6-5-7-14/h14,20H,4-11H2,1-3H3,(H2,17,18,19). The molecule has 1 aliphatic carbocycles. The van der Waals surface area contributed by atoms with Crippen LogP contribution in [0.25, 0.3) is 0 Å². The summed E-state index contributed by atoms with van der Waals surface area (Å²) in [5.74, 6) is 1.19. The van der Waals surface area contributed by atoms with Gasteiger partial charge in [0.25, 0.3) is 0 Å². The number of sulfonamides is 1. The minimum Gasteiger partial charge on any atom is -0.357 e. The van der Waals surface area contributed by atoms with Gasteiger partial charge >= 0.3 is 0 Å². The van der Waals surface area contributed by atoms with Gasteiger partial charge in [-0.25, -0.2) is 23.1 Å². The number of nitrogens with one attached hydrogen (secondary N) is 3. The summed E-state index contributed by atoms with van der Waals surface area (Å²) in [4.78, 5) is 10.0. The summed E-state index contributed by atoms with van der Waals surface area (Å²) in [7, 11) is -3.24. The van der Waals surface area contributed by atoms with Crippen LogP contribution >= 0.6 is 11.3 Å². The average molecular weight is 388 g/mol. The van der Waals surface area contributed by atoms with Crippen LogP contribution in [0.5, 0.6) is 0 Å². The third-order valence-electron chi connectivity index (χ3n) is 4.20. The van der Waals surface area contributed by atoms with Gasteiger partial charge in [0.1, 0.15) is 0 Å². The van der Waals surface area contributed by atoms with Gasteiger partial charge in [-0.2, -0.15) is 0 Å². The van der Waals surface area contributed by atoms with Gasteiger partial charge in [0.05, 0.1) is 23.0 Å². The van der Waals surface area contributed by atoms with E-state index in [1.54, 1.807) is 11.3 Å². The van der Waals surface area contributed by atoms with Crippen molar-refractivity contribution in [1.82, 2.24) is 20.3 Å². The molecule has 1 heterocycles. The molecule has 1 aliphatic rings. The van der Waals surface area contributed by atoms with Crippen LogP contribution < -0.4 is 15.4 Å². The molecule has 0 radical (unpaired) electrons. The van der Waals surface area contributed by atoms with Crippen molar-refractivity contribution in [2.75, 3.05) is 25.4 Å². The molecule has 0 aliphatic heterocycles. The van der Waals surface area contributed by atoms with Crippen LogP contribution in [0.3, 0.4) is 0 Å². The molecule has 0 bridgehead atoms. The molecule has 142 valence electrons. The first-order chi connectivity index (χ1) is 11.9. The van der Waals surface area contributed by atoms with Gasteiger partial charge in [0, 0.05) is 24.5 Å². The lowest BCUT2D eigenvalue weighted by Gasteiger charge is -2.25. The summed E-state index contributed by atoms with van der Waals surface area (Å²) in [6, 6.07) is 0. The van der Waals surface area contributed by atoms with Gasteiger partial charge in [-0.05, 0) is 39.5 Å². The predicted molar refractivity (Wildman–Crippen MR) is 104 cm³/mol. The van der Waals surface area contributed by atoms with Crippen molar-refractivity contribution in [3.8, 4) is 0 Å². The minimum atomic E-state index is -3.24. The number of hydrogen-bond acceptors (Lipinski definition) is 5. The zero-order valence-electron chi connectivity index (χ0n) is 15.3. The molecule has 0 aromatic carbocycles. The lowest BCUT2D eigenvalue weighted by Crippen LogP contribution is -2.42. The van der Waals surface area contributed by atoms with E-state index in [4.69, 9.17) is 0 Å². The van der Waals surface area contributed by atoms with E-state index in [1.165, 1.54) is 6.42 Å². The molecular formula is C16H29N5O2S2. The van der Waals surface area contributed by atoms with Crippen molar-refractivity contribution in [1.29, 1.82) is 0 Å². The highest BCUT2D eigenvalue weighted by Crippen LogP contribution is 2.25. The fourth-order valence-corrected chi connectivity index (χ4v) is 4.40. The highest BCUT2D eigenvalue weighted by atomic mass is 32.2. The summed E-state index contributed by atoms with van der Waals surface area (Å²) >= 11 is 1.64. The van der Waals surface area contributed by atoms with Crippen LogP contribution in [-0.2, 0) is 16.6 Å². The highest BCUT2D eigenvalue weighted by molar-refractivity contribution is 7.89. The normalized spacial score (nSPS) is 15.9. The first-order valence-electron chi connectivity index (χ1n) is 8.82. The van der Waals surface area contributed by atoms with Crippen molar-refractivity contribution < 1.29 is 8.42 Å². The zero-order chi connectivity index (χ0) is 18.3. The fourth-order valence-electron chi connectivity index (χ4n) is 2.53. The Bertz CT molecular complexity index is 681. The van der Waals surface area contributed by atoms with Crippen LogP contribution in [0.15, 0.2) is 4.99 Å². The Morgan fingerprint density at radius 1 is 1.32 bits per heavy atom. The Balaban J connectivity index is 1.79. The quantitative estimate of drug-likeness (QED) is 0.441. The van der Waals surface area contributed by atoms with Gasteiger partial charge < -0.3 is 10.6 Å². The Hall–Kier alpha value is -1.19. The van der Waals surface area contributed by atoms with E-state index in [9.17, 15) is 8.42 Å². The third kappa shape index (κ3) is 6.91. The van der Waals surface area contributed by atoms with Crippen LogP contribution in [-0.4, -0.2) is 44.7 Å². The van der Waals surface area contributed by atoms with Crippen molar-refractivity contribution in [2.45, 2.75) is 46.6 Å². The maximum Gasteiger partial charge on any atom is 0.213 e. The second kappa shape index (κ2) is 9.49. The molecular weight excluding hydrogens is 358 g/mol. The van der Waals surface area contributed by atoms with E-state index < -0.39 is 10.0 Å². The first-order valence-corrected chi connectivity index (χ1v) is 11.3. The number of hydrogen-bond donors (Lipinski definition) is 3. The fraction of sp³-hybridized carbons (Fsp3) is 0.750. The van der Waals surface area contributed by atoms with Gasteiger partial charge in [0.2, 0.25) is 10.0 Å². The number of guanidine groups is 1. The average Bonchev–Trinajstić information content (AvgIpc) is 2.80. The molecule has 1 fully saturated rings. The van der Waals surface area contributed by atoms with E-state index in [2.05, 4.69) is 25.3 Å². The van der Waals surface area contributed by atoms with E-state index in [0.717, 1.165) is 35.0 Å². The Labute approximate surface area is 154 Å².